The van der Waals surface area contributed by atoms with Crippen LogP contribution in [-0.2, 0) is 0 Å². The first-order chi connectivity index (χ1) is 11.2. The van der Waals surface area contributed by atoms with Gasteiger partial charge in [-0.15, -0.1) is 0 Å². The van der Waals surface area contributed by atoms with Crippen molar-refractivity contribution >= 4 is 32.9 Å². The molecule has 1 unspecified atom stereocenters. The van der Waals surface area contributed by atoms with E-state index in [-0.39, 0.29) is 11.9 Å². The van der Waals surface area contributed by atoms with Crippen molar-refractivity contribution in [1.29, 1.82) is 0 Å². The van der Waals surface area contributed by atoms with Crippen LogP contribution in [0.25, 0.3) is 11.0 Å². The number of aromatic nitrogens is 2. The van der Waals surface area contributed by atoms with Crippen LogP contribution in [0.4, 0.5) is 0 Å². The molecule has 1 amide bonds. The van der Waals surface area contributed by atoms with Gasteiger partial charge in [0.1, 0.15) is 5.69 Å². The average molecular weight is 370 g/mol. The molecule has 1 heterocycles. The zero-order chi connectivity index (χ0) is 16.2. The van der Waals surface area contributed by atoms with E-state index in [4.69, 9.17) is 0 Å². The highest BCUT2D eigenvalue weighted by atomic mass is 79.9. The van der Waals surface area contributed by atoms with Crippen molar-refractivity contribution in [3.8, 4) is 0 Å². The van der Waals surface area contributed by atoms with Crippen LogP contribution < -0.4 is 5.32 Å². The Balaban J connectivity index is 1.82. The molecule has 0 saturated heterocycles. The summed E-state index contributed by atoms with van der Waals surface area (Å²) in [4.78, 5) is 21.2. The first kappa shape index (κ1) is 15.6. The Morgan fingerprint density at radius 3 is 2.52 bits per heavy atom. The van der Waals surface area contributed by atoms with Gasteiger partial charge in [-0.05, 0) is 36.2 Å². The third-order valence-electron chi connectivity index (χ3n) is 3.67. The van der Waals surface area contributed by atoms with Crippen molar-refractivity contribution in [2.75, 3.05) is 0 Å². The maximum atomic E-state index is 12.5. The van der Waals surface area contributed by atoms with Gasteiger partial charge >= 0.3 is 0 Å². The van der Waals surface area contributed by atoms with Crippen molar-refractivity contribution in [3.05, 3.63) is 70.5 Å². The topological polar surface area (TPSA) is 54.9 Å². The minimum atomic E-state index is -0.210. The highest BCUT2D eigenvalue weighted by molar-refractivity contribution is 9.10. The van der Waals surface area contributed by atoms with Crippen LogP contribution in [0.5, 0.6) is 0 Å². The predicted octanol–water partition coefficient (Wildman–Crippen LogP) is 4.27. The summed E-state index contributed by atoms with van der Waals surface area (Å²) in [7, 11) is 0. The molecule has 0 fully saturated rings. The zero-order valence-electron chi connectivity index (χ0n) is 12.7. The maximum Gasteiger partial charge on any atom is 0.271 e. The van der Waals surface area contributed by atoms with Gasteiger partial charge in [-0.25, -0.2) is 4.98 Å². The molecule has 5 heteroatoms. The molecule has 0 saturated carbocycles. The van der Waals surface area contributed by atoms with E-state index in [2.05, 4.69) is 31.2 Å². The molecule has 0 aliphatic rings. The van der Waals surface area contributed by atoms with Crippen molar-refractivity contribution in [2.45, 2.75) is 19.4 Å². The molecule has 116 valence electrons. The molecule has 1 aromatic heterocycles. The molecule has 0 aliphatic heterocycles. The summed E-state index contributed by atoms with van der Waals surface area (Å²) in [6.07, 6.45) is 2.32. The Labute approximate surface area is 143 Å². The lowest BCUT2D eigenvalue weighted by Crippen LogP contribution is -2.29. The minimum absolute atomic E-state index is 0.0520. The molecular weight excluding hydrogens is 354 g/mol. The summed E-state index contributed by atoms with van der Waals surface area (Å²) in [5.74, 6) is -0.210. The Morgan fingerprint density at radius 2 is 1.83 bits per heavy atom. The number of carbonyl (C=O) groups excluding carboxylic acids is 1. The maximum absolute atomic E-state index is 12.5. The van der Waals surface area contributed by atoms with Crippen molar-refractivity contribution in [2.24, 2.45) is 0 Å². The summed E-state index contributed by atoms with van der Waals surface area (Å²) in [5, 5.41) is 3.03. The number of halogens is 1. The third-order valence-corrected chi connectivity index (χ3v) is 4.20. The van der Waals surface area contributed by atoms with E-state index < -0.39 is 0 Å². The second kappa shape index (κ2) is 6.87. The molecule has 3 rings (SSSR count). The molecule has 1 N–H and O–H groups in total. The van der Waals surface area contributed by atoms with Crippen LogP contribution in [0.3, 0.4) is 0 Å². The van der Waals surface area contributed by atoms with Crippen molar-refractivity contribution in [1.82, 2.24) is 15.3 Å². The number of carbonyl (C=O) groups is 1. The molecule has 0 spiro atoms. The fourth-order valence-corrected chi connectivity index (χ4v) is 2.68. The number of nitrogens with one attached hydrogen (secondary N) is 1. The Bertz CT molecular complexity index is 833. The number of rotatable bonds is 4. The zero-order valence-corrected chi connectivity index (χ0v) is 14.2. The van der Waals surface area contributed by atoms with Crippen LogP contribution in [0, 0.1) is 0 Å². The summed E-state index contributed by atoms with van der Waals surface area (Å²) in [6, 6.07) is 15.4. The second-order valence-corrected chi connectivity index (χ2v) is 6.15. The first-order valence-corrected chi connectivity index (χ1v) is 8.25. The van der Waals surface area contributed by atoms with Crippen molar-refractivity contribution in [3.63, 3.8) is 0 Å². The van der Waals surface area contributed by atoms with Gasteiger partial charge in [0.15, 0.2) is 0 Å². The molecular formula is C18H16BrN3O. The van der Waals surface area contributed by atoms with Gasteiger partial charge in [0.2, 0.25) is 0 Å². The third kappa shape index (κ3) is 3.56. The minimum Gasteiger partial charge on any atom is -0.344 e. The lowest BCUT2D eigenvalue weighted by Gasteiger charge is -2.17. The number of para-hydroxylation sites is 2. The molecule has 23 heavy (non-hydrogen) atoms. The number of nitrogens with zero attached hydrogens (tertiary/aromatic N) is 2. The van der Waals surface area contributed by atoms with Gasteiger partial charge < -0.3 is 5.32 Å². The van der Waals surface area contributed by atoms with Crippen LogP contribution in [0.2, 0.25) is 0 Å². The summed E-state index contributed by atoms with van der Waals surface area (Å²) >= 11 is 3.42. The van der Waals surface area contributed by atoms with Gasteiger partial charge in [0.05, 0.1) is 23.3 Å². The molecule has 2 aromatic carbocycles. The van der Waals surface area contributed by atoms with Gasteiger partial charge in [0, 0.05) is 4.47 Å². The molecule has 3 aromatic rings. The van der Waals surface area contributed by atoms with E-state index in [1.54, 1.807) is 0 Å². The number of amides is 1. The van der Waals surface area contributed by atoms with E-state index in [0.717, 1.165) is 27.5 Å². The lowest BCUT2D eigenvalue weighted by atomic mass is 10.0. The average Bonchev–Trinajstić information content (AvgIpc) is 2.60. The van der Waals surface area contributed by atoms with E-state index in [9.17, 15) is 4.79 Å². The molecule has 1 atom stereocenters. The quantitative estimate of drug-likeness (QED) is 0.746. The summed E-state index contributed by atoms with van der Waals surface area (Å²) in [5.41, 5.74) is 2.90. The lowest BCUT2D eigenvalue weighted by molar-refractivity contribution is 0.0930. The highest BCUT2D eigenvalue weighted by Crippen LogP contribution is 2.20. The normalized spacial score (nSPS) is 12.1. The molecule has 0 radical (unpaired) electrons. The number of hydrogen-bond acceptors (Lipinski definition) is 3. The first-order valence-electron chi connectivity index (χ1n) is 7.45. The molecule has 0 aliphatic carbocycles. The Morgan fingerprint density at radius 1 is 1.13 bits per heavy atom. The van der Waals surface area contributed by atoms with Crippen LogP contribution in [-0.4, -0.2) is 15.9 Å². The smallest absolute Gasteiger partial charge is 0.271 e. The largest absolute Gasteiger partial charge is 0.344 e. The van der Waals surface area contributed by atoms with Gasteiger partial charge in [-0.1, -0.05) is 47.1 Å². The number of fused-ring (bicyclic) bond motifs is 1. The summed E-state index contributed by atoms with van der Waals surface area (Å²) < 4.78 is 1.02. The van der Waals surface area contributed by atoms with Crippen LogP contribution >= 0.6 is 15.9 Å². The van der Waals surface area contributed by atoms with E-state index >= 15 is 0 Å². The van der Waals surface area contributed by atoms with Crippen LogP contribution in [0.1, 0.15) is 35.4 Å². The molecule has 0 bridgehead atoms. The van der Waals surface area contributed by atoms with E-state index in [0.29, 0.717) is 5.69 Å². The fourth-order valence-electron chi connectivity index (χ4n) is 2.41. The SMILES string of the molecule is CCC(NC(=O)c1cnc2ccccc2n1)c1ccc(Br)cc1. The van der Waals surface area contributed by atoms with E-state index in [1.165, 1.54) is 6.20 Å². The van der Waals surface area contributed by atoms with Gasteiger partial charge in [0.25, 0.3) is 5.91 Å². The van der Waals surface area contributed by atoms with Crippen LogP contribution in [0.15, 0.2) is 59.2 Å². The predicted molar refractivity (Wildman–Crippen MR) is 94.2 cm³/mol. The Hall–Kier alpha value is -2.27. The van der Waals surface area contributed by atoms with Crippen molar-refractivity contribution < 1.29 is 4.79 Å². The number of hydrogen-bond donors (Lipinski definition) is 1. The second-order valence-electron chi connectivity index (χ2n) is 5.23. The van der Waals surface area contributed by atoms with Gasteiger partial charge in [-0.2, -0.15) is 0 Å². The summed E-state index contributed by atoms with van der Waals surface area (Å²) in [6.45, 7) is 2.04. The fraction of sp³-hybridized carbons (Fsp3) is 0.167. The monoisotopic (exact) mass is 369 g/mol. The molecule has 4 nitrogen and oxygen atoms in total. The number of benzene rings is 2. The van der Waals surface area contributed by atoms with E-state index in [1.807, 2.05) is 55.5 Å². The highest BCUT2D eigenvalue weighted by Gasteiger charge is 2.15. The standard InChI is InChI=1S/C18H16BrN3O/c1-2-14(12-7-9-13(19)10-8-12)22-18(23)17-11-20-15-5-3-4-6-16(15)21-17/h3-11,14H,2H2,1H3,(H,22,23). The Kier molecular flexibility index (Phi) is 4.67. The van der Waals surface area contributed by atoms with Gasteiger partial charge in [-0.3, -0.25) is 9.78 Å².